The van der Waals surface area contributed by atoms with E-state index in [0.717, 1.165) is 26.8 Å². The van der Waals surface area contributed by atoms with Gasteiger partial charge >= 0.3 is 5.97 Å². The van der Waals surface area contributed by atoms with Gasteiger partial charge in [-0.15, -0.1) is 0 Å². The summed E-state index contributed by atoms with van der Waals surface area (Å²) in [6.45, 7) is -0.730. The lowest BCUT2D eigenvalue weighted by molar-refractivity contribution is -0.143. The molecule has 3 rings (SSSR count). The zero-order valence-electron chi connectivity index (χ0n) is 15.8. The summed E-state index contributed by atoms with van der Waals surface area (Å²) in [6, 6.07) is 2.91. The van der Waals surface area contributed by atoms with Crippen molar-refractivity contribution in [2.75, 3.05) is 13.6 Å². The molecule has 1 aromatic carbocycles. The normalized spacial score (nSPS) is 14.0. The number of aromatic nitrogens is 1. The van der Waals surface area contributed by atoms with Crippen molar-refractivity contribution in [1.82, 2.24) is 14.6 Å². The van der Waals surface area contributed by atoms with Crippen LogP contribution in [0.5, 0.6) is 5.75 Å². The van der Waals surface area contributed by atoms with Crippen LogP contribution in [0.2, 0.25) is 0 Å². The Kier molecular flexibility index (Phi) is 5.65. The highest BCUT2D eigenvalue weighted by atomic mass is 19.1. The van der Waals surface area contributed by atoms with Gasteiger partial charge in [-0.1, -0.05) is 6.07 Å². The van der Waals surface area contributed by atoms with E-state index in [9.17, 15) is 33.1 Å². The van der Waals surface area contributed by atoms with Gasteiger partial charge in [-0.05, 0) is 18.1 Å². The highest BCUT2D eigenvalue weighted by Gasteiger charge is 2.33. The van der Waals surface area contributed by atoms with Gasteiger partial charge in [0, 0.05) is 25.7 Å². The lowest BCUT2D eigenvalue weighted by Gasteiger charge is -2.36. The summed E-state index contributed by atoms with van der Waals surface area (Å²) in [5.74, 6) is -5.26. The fourth-order valence-corrected chi connectivity index (χ4v) is 3.16. The second kappa shape index (κ2) is 8.03. The lowest BCUT2D eigenvalue weighted by Crippen LogP contribution is -2.52. The molecule has 0 saturated carbocycles. The van der Waals surface area contributed by atoms with Gasteiger partial charge in [0.1, 0.15) is 18.2 Å². The summed E-state index contributed by atoms with van der Waals surface area (Å²) < 4.78 is 27.9. The monoisotopic (exact) mass is 421 g/mol. The number of nitrogens with zero attached hydrogens (tertiary/aromatic N) is 3. The van der Waals surface area contributed by atoms with Crippen molar-refractivity contribution in [3.63, 3.8) is 0 Å². The second-order valence-corrected chi connectivity index (χ2v) is 6.73. The topological polar surface area (TPSA) is 120 Å². The third-order valence-corrected chi connectivity index (χ3v) is 4.75. The van der Waals surface area contributed by atoms with E-state index in [2.05, 4.69) is 0 Å². The highest BCUT2D eigenvalue weighted by molar-refractivity contribution is 5.99. The third-order valence-electron chi connectivity index (χ3n) is 4.75. The van der Waals surface area contributed by atoms with Crippen LogP contribution in [0, 0.1) is 11.6 Å². The molecule has 30 heavy (non-hydrogen) atoms. The molecule has 0 spiro atoms. The van der Waals surface area contributed by atoms with Gasteiger partial charge in [0.15, 0.2) is 17.2 Å². The summed E-state index contributed by atoms with van der Waals surface area (Å²) in [4.78, 5) is 48.4. The van der Waals surface area contributed by atoms with Crippen molar-refractivity contribution >= 4 is 17.7 Å². The fourth-order valence-electron chi connectivity index (χ4n) is 3.16. The molecule has 0 saturated heterocycles. The average molecular weight is 421 g/mol. The van der Waals surface area contributed by atoms with Crippen LogP contribution in [-0.2, 0) is 17.9 Å². The Balaban J connectivity index is 1.90. The number of carboxylic acids is 1. The first-order valence-corrected chi connectivity index (χ1v) is 8.78. The number of aromatic hydroxyl groups is 1. The maximum absolute atomic E-state index is 13.7. The number of benzene rings is 1. The lowest BCUT2D eigenvalue weighted by atomic mass is 10.0. The Labute approximate surface area is 168 Å². The molecule has 0 fully saturated rings. The van der Waals surface area contributed by atoms with Crippen molar-refractivity contribution in [3.05, 3.63) is 63.1 Å². The predicted octanol–water partition coefficient (Wildman–Crippen LogP) is 0.992. The number of pyridine rings is 1. The summed E-state index contributed by atoms with van der Waals surface area (Å²) in [6.07, 6.45) is 0.656. The molecular formula is C19H17F2N3O6. The molecule has 11 heteroatoms. The Morgan fingerprint density at radius 2 is 1.90 bits per heavy atom. The van der Waals surface area contributed by atoms with Crippen LogP contribution < -0.4 is 5.43 Å². The maximum atomic E-state index is 13.7. The average Bonchev–Trinajstić information content (AvgIpc) is 2.67. The number of Topliss-reactive ketones (excluding diaryl/α,β-unsaturated/α-hetero) is 1. The molecule has 1 aliphatic rings. The van der Waals surface area contributed by atoms with Crippen molar-refractivity contribution in [2.24, 2.45) is 0 Å². The standard InChI is InChI=1S/C19H17F2N3O6/c1-22-19(30)16-18(29)17(28)12(7-23(16)9-24(22)8-15(26)27)14(25)5-3-10-2-4-11(20)6-13(10)21/h2,4,6-7,29H,3,5,8-9H2,1H3,(H,26,27). The molecule has 2 aromatic rings. The summed E-state index contributed by atoms with van der Waals surface area (Å²) >= 11 is 0. The molecule has 0 radical (unpaired) electrons. The molecule has 0 unspecified atom stereocenters. The van der Waals surface area contributed by atoms with E-state index >= 15 is 0 Å². The van der Waals surface area contributed by atoms with Gasteiger partial charge < -0.3 is 14.8 Å². The molecule has 1 amide bonds. The van der Waals surface area contributed by atoms with E-state index in [1.807, 2.05) is 0 Å². The molecule has 0 aliphatic carbocycles. The number of carbonyl (C=O) groups is 3. The van der Waals surface area contributed by atoms with Crippen LogP contribution in [0.25, 0.3) is 0 Å². The second-order valence-electron chi connectivity index (χ2n) is 6.73. The van der Waals surface area contributed by atoms with Crippen molar-refractivity contribution in [3.8, 4) is 5.75 Å². The van der Waals surface area contributed by atoms with Gasteiger partial charge in [-0.25, -0.2) is 8.78 Å². The number of fused-ring (bicyclic) bond motifs is 1. The van der Waals surface area contributed by atoms with Gasteiger partial charge in [0.25, 0.3) is 5.91 Å². The van der Waals surface area contributed by atoms with E-state index in [0.29, 0.717) is 6.07 Å². The fraction of sp³-hybridized carbons (Fsp3) is 0.263. The van der Waals surface area contributed by atoms with Crippen LogP contribution in [0.15, 0.2) is 29.2 Å². The van der Waals surface area contributed by atoms with E-state index in [-0.39, 0.29) is 30.8 Å². The van der Waals surface area contributed by atoms with E-state index < -0.39 is 52.6 Å². The molecule has 1 aromatic heterocycles. The minimum Gasteiger partial charge on any atom is -0.503 e. The molecule has 9 nitrogen and oxygen atoms in total. The van der Waals surface area contributed by atoms with Crippen LogP contribution >= 0.6 is 0 Å². The number of hydrogen-bond acceptors (Lipinski definition) is 6. The van der Waals surface area contributed by atoms with Gasteiger partial charge in [-0.2, -0.15) is 5.01 Å². The Morgan fingerprint density at radius 3 is 2.53 bits per heavy atom. The molecule has 0 atom stereocenters. The van der Waals surface area contributed by atoms with E-state index in [4.69, 9.17) is 5.11 Å². The molecule has 2 N–H and O–H groups in total. The SMILES string of the molecule is CN1C(=O)c2c(O)c(=O)c(C(=O)CCc3ccc(F)cc3F)cn2CN1CC(=O)O. The smallest absolute Gasteiger partial charge is 0.319 e. The minimum absolute atomic E-state index is 0.0801. The summed E-state index contributed by atoms with van der Waals surface area (Å²) in [5, 5.41) is 21.3. The number of rotatable bonds is 6. The van der Waals surface area contributed by atoms with Crippen molar-refractivity contribution in [1.29, 1.82) is 0 Å². The first-order chi connectivity index (χ1) is 14.1. The highest BCUT2D eigenvalue weighted by Crippen LogP contribution is 2.22. The van der Waals surface area contributed by atoms with Gasteiger partial charge in [0.05, 0.1) is 12.2 Å². The number of aryl methyl sites for hydroxylation is 1. The number of hydrogen-bond donors (Lipinski definition) is 2. The molecule has 1 aliphatic heterocycles. The number of halogens is 2. The quantitative estimate of drug-likeness (QED) is 0.668. The Morgan fingerprint density at radius 1 is 1.20 bits per heavy atom. The van der Waals surface area contributed by atoms with Crippen LogP contribution in [0.3, 0.4) is 0 Å². The molecule has 2 heterocycles. The van der Waals surface area contributed by atoms with Crippen LogP contribution in [0.4, 0.5) is 8.78 Å². The minimum atomic E-state index is -1.21. The molecular weight excluding hydrogens is 404 g/mol. The Bertz CT molecular complexity index is 1110. The van der Waals surface area contributed by atoms with E-state index in [1.165, 1.54) is 13.1 Å². The third kappa shape index (κ3) is 3.92. The number of carbonyl (C=O) groups excluding carboxylic acids is 2. The summed E-state index contributed by atoms with van der Waals surface area (Å²) in [7, 11) is 1.29. The first-order valence-electron chi connectivity index (χ1n) is 8.78. The zero-order chi connectivity index (χ0) is 22.2. The Hall–Kier alpha value is -3.60. The van der Waals surface area contributed by atoms with Crippen LogP contribution in [-0.4, -0.2) is 56.1 Å². The van der Waals surface area contributed by atoms with Gasteiger partial charge in [0.2, 0.25) is 5.43 Å². The number of amides is 1. The van der Waals surface area contributed by atoms with E-state index in [1.54, 1.807) is 0 Å². The first kappa shape index (κ1) is 21.1. The number of carboxylic acid groups (broad SMARTS) is 1. The molecule has 158 valence electrons. The van der Waals surface area contributed by atoms with Crippen molar-refractivity contribution in [2.45, 2.75) is 19.5 Å². The zero-order valence-corrected chi connectivity index (χ0v) is 15.8. The number of ketones is 1. The predicted molar refractivity (Wildman–Crippen MR) is 97.8 cm³/mol. The van der Waals surface area contributed by atoms with Gasteiger partial charge in [-0.3, -0.25) is 24.2 Å². The summed E-state index contributed by atoms with van der Waals surface area (Å²) in [5.41, 5.74) is -1.77. The molecule has 0 bridgehead atoms. The van der Waals surface area contributed by atoms with Crippen LogP contribution in [0.1, 0.15) is 32.8 Å². The largest absolute Gasteiger partial charge is 0.503 e. The van der Waals surface area contributed by atoms with Crippen molar-refractivity contribution < 1.29 is 33.4 Å². The maximum Gasteiger partial charge on any atom is 0.319 e. The number of hydrazine groups is 1. The number of aliphatic carboxylic acids is 1.